The van der Waals surface area contributed by atoms with Crippen LogP contribution in [0.4, 0.5) is 18.3 Å². The number of halogens is 3. The Morgan fingerprint density at radius 3 is 2.71 bits per heavy atom. The molecule has 3 aliphatic rings. The number of amides is 3. The Morgan fingerprint density at radius 2 is 2.07 bits per heavy atom. The number of anilines is 1. The van der Waals surface area contributed by atoms with Crippen molar-refractivity contribution < 1.29 is 47.4 Å². The number of aliphatic carboxylic acids is 1. The molecule has 22 heteroatoms. The first-order valence-electron chi connectivity index (χ1n) is 13.5. The predicted molar refractivity (Wildman–Crippen MR) is 152 cm³/mol. The van der Waals surface area contributed by atoms with Crippen LogP contribution < -0.4 is 10.6 Å². The zero-order valence-corrected chi connectivity index (χ0v) is 25.5. The summed E-state index contributed by atoms with van der Waals surface area (Å²) in [4.78, 5) is 61.4. The van der Waals surface area contributed by atoms with Crippen LogP contribution in [0.3, 0.4) is 0 Å². The normalized spacial score (nSPS) is 24.5. The minimum Gasteiger partial charge on any atom is -0.481 e. The number of thiazole rings is 1. The maximum atomic E-state index is 13.4. The number of alkyl halides is 3. The van der Waals surface area contributed by atoms with Crippen LogP contribution in [0.5, 0.6) is 0 Å². The highest BCUT2D eigenvalue weighted by molar-refractivity contribution is 8.01. The molecule has 0 bridgehead atoms. The molecule has 2 aromatic heterocycles. The van der Waals surface area contributed by atoms with E-state index in [-0.39, 0.29) is 42.3 Å². The molecule has 16 nitrogen and oxygen atoms in total. The Balaban J connectivity index is 1.31. The molecule has 5 rings (SSSR count). The number of carbonyl (C=O) groups is 4. The number of H-pyrrole nitrogens is 1. The third kappa shape index (κ3) is 7.02. The number of thioether (sulfide) groups is 2. The topological polar surface area (TPSA) is 225 Å². The molecule has 3 fully saturated rings. The minimum absolute atomic E-state index is 0.0265. The van der Waals surface area contributed by atoms with Gasteiger partial charge in [-0.05, 0) is 37.3 Å². The van der Waals surface area contributed by atoms with E-state index in [2.05, 4.69) is 36.1 Å². The number of carboxylic acid groups (broad SMARTS) is 1. The van der Waals surface area contributed by atoms with Crippen molar-refractivity contribution in [3.05, 3.63) is 11.1 Å². The molecule has 5 N–H and O–H groups in total. The number of carbonyl (C=O) groups excluding carboxylic acids is 3. The molecule has 0 radical (unpaired) electrons. The molecular weight excluding hydrogens is 668 g/mol. The zero-order chi connectivity index (χ0) is 32.4. The van der Waals surface area contributed by atoms with Gasteiger partial charge in [0.25, 0.3) is 5.91 Å². The molecule has 244 valence electrons. The monoisotopic (exact) mass is 693 g/mol. The van der Waals surface area contributed by atoms with Crippen molar-refractivity contribution in [3.63, 3.8) is 0 Å². The molecule has 1 saturated carbocycles. The van der Waals surface area contributed by atoms with Crippen LogP contribution in [-0.4, -0.2) is 118 Å². The van der Waals surface area contributed by atoms with E-state index in [1.807, 2.05) is 0 Å². The van der Waals surface area contributed by atoms with E-state index in [1.165, 1.54) is 10.3 Å². The van der Waals surface area contributed by atoms with Crippen molar-refractivity contribution in [3.8, 4) is 0 Å². The summed E-state index contributed by atoms with van der Waals surface area (Å²) in [5.41, 5.74) is -2.07. The first-order valence-corrected chi connectivity index (χ1v) is 16.3. The van der Waals surface area contributed by atoms with Crippen LogP contribution in [-0.2, 0) is 24.0 Å². The third-order valence-corrected chi connectivity index (χ3v) is 11.1. The fourth-order valence-electron chi connectivity index (χ4n) is 5.09. The van der Waals surface area contributed by atoms with E-state index in [0.29, 0.717) is 24.2 Å². The maximum absolute atomic E-state index is 13.4. The van der Waals surface area contributed by atoms with Crippen LogP contribution in [0.15, 0.2) is 15.7 Å². The van der Waals surface area contributed by atoms with E-state index in [4.69, 9.17) is 4.84 Å². The van der Waals surface area contributed by atoms with Crippen molar-refractivity contribution in [1.82, 2.24) is 35.8 Å². The van der Waals surface area contributed by atoms with Crippen LogP contribution >= 0.6 is 34.9 Å². The molecule has 2 aromatic rings. The number of carboxylic acids is 1. The molecule has 4 heterocycles. The van der Waals surface area contributed by atoms with Crippen molar-refractivity contribution >= 4 is 69.4 Å². The lowest BCUT2D eigenvalue weighted by atomic mass is 9.82. The number of hydrogen-bond donors (Lipinski definition) is 5. The second-order valence-corrected chi connectivity index (χ2v) is 13.5. The molecule has 0 spiro atoms. The number of aromatic nitrogens is 5. The number of nitrogens with one attached hydrogen (secondary N) is 3. The molecule has 2 aliphatic heterocycles. The van der Waals surface area contributed by atoms with Gasteiger partial charge >= 0.3 is 18.1 Å². The van der Waals surface area contributed by atoms with Gasteiger partial charge in [-0.2, -0.15) is 18.4 Å². The summed E-state index contributed by atoms with van der Waals surface area (Å²) in [7, 11) is 0. The molecule has 3 amide bonds. The number of rotatable bonds is 12. The van der Waals surface area contributed by atoms with Gasteiger partial charge in [0.05, 0.1) is 0 Å². The maximum Gasteiger partial charge on any atom is 0.471 e. The summed E-state index contributed by atoms with van der Waals surface area (Å²) >= 11 is 2.79. The summed E-state index contributed by atoms with van der Waals surface area (Å²) in [5.74, 6) is -4.85. The number of tetrazole rings is 1. The van der Waals surface area contributed by atoms with Gasteiger partial charge < -0.3 is 25.3 Å². The average Bonchev–Trinajstić information content (AvgIpc) is 3.79. The van der Waals surface area contributed by atoms with E-state index < -0.39 is 62.8 Å². The second-order valence-electron chi connectivity index (χ2n) is 10.3. The SMILES string of the molecule is O=C(NC1C(=O)N2CC(C(=O)O)(C(CCO)Sc3nn[nH]n3)CS[C@H]12)C(=NOC1CCCC1)c1csc(NC(=O)C(F)(F)F)n1. The average molecular weight is 694 g/mol. The Kier molecular flexibility index (Phi) is 9.84. The van der Waals surface area contributed by atoms with Crippen LogP contribution in [0.25, 0.3) is 0 Å². The summed E-state index contributed by atoms with van der Waals surface area (Å²) in [6.07, 6.45) is -2.22. The summed E-state index contributed by atoms with van der Waals surface area (Å²) in [6, 6.07) is -1.07. The van der Waals surface area contributed by atoms with Crippen LogP contribution in [0, 0.1) is 5.41 Å². The van der Waals surface area contributed by atoms with Crippen molar-refractivity contribution in [1.29, 1.82) is 0 Å². The van der Waals surface area contributed by atoms with Gasteiger partial charge in [0.15, 0.2) is 10.8 Å². The Morgan fingerprint density at radius 1 is 1.31 bits per heavy atom. The lowest BCUT2D eigenvalue weighted by Crippen LogP contribution is -2.75. The van der Waals surface area contributed by atoms with Gasteiger partial charge in [-0.15, -0.1) is 33.3 Å². The molecular formula is C23H26F3N9O7S3. The molecule has 2 saturated heterocycles. The number of aromatic amines is 1. The van der Waals surface area contributed by atoms with Gasteiger partial charge in [0.2, 0.25) is 11.1 Å². The van der Waals surface area contributed by atoms with E-state index in [9.17, 15) is 42.6 Å². The van der Waals surface area contributed by atoms with Gasteiger partial charge in [-0.25, -0.2) is 4.98 Å². The molecule has 3 unspecified atom stereocenters. The highest BCUT2D eigenvalue weighted by Crippen LogP contribution is 2.48. The first kappa shape index (κ1) is 32.9. The highest BCUT2D eigenvalue weighted by atomic mass is 32.2. The number of fused-ring (bicyclic) bond motifs is 1. The third-order valence-electron chi connectivity index (χ3n) is 7.43. The van der Waals surface area contributed by atoms with Gasteiger partial charge in [0, 0.05) is 29.5 Å². The second kappa shape index (κ2) is 13.5. The van der Waals surface area contributed by atoms with E-state index in [0.717, 1.165) is 36.4 Å². The van der Waals surface area contributed by atoms with Crippen LogP contribution in [0.2, 0.25) is 0 Å². The molecule has 4 atom stereocenters. The summed E-state index contributed by atoms with van der Waals surface area (Å²) in [6.45, 7) is -0.532. The molecule has 0 aromatic carbocycles. The number of β-lactam (4-membered cyclic amide) rings is 1. The lowest BCUT2D eigenvalue weighted by molar-refractivity contribution is -0.167. The van der Waals surface area contributed by atoms with Gasteiger partial charge in [-0.3, -0.25) is 24.5 Å². The summed E-state index contributed by atoms with van der Waals surface area (Å²) < 4.78 is 38.1. The Bertz CT molecular complexity index is 1450. The smallest absolute Gasteiger partial charge is 0.471 e. The predicted octanol–water partition coefficient (Wildman–Crippen LogP) is 0.834. The van der Waals surface area contributed by atoms with Crippen molar-refractivity contribution in [2.75, 3.05) is 24.2 Å². The lowest BCUT2D eigenvalue weighted by Gasteiger charge is -2.55. The van der Waals surface area contributed by atoms with Crippen molar-refractivity contribution in [2.45, 2.75) is 66.2 Å². The van der Waals surface area contributed by atoms with E-state index >= 15 is 0 Å². The van der Waals surface area contributed by atoms with Gasteiger partial charge in [-0.1, -0.05) is 16.9 Å². The first-order chi connectivity index (χ1) is 21.4. The number of aliphatic hydroxyl groups is 1. The standard InChI is InChI=1S/C23H26F3N9O7S3/c24-23(25,26)18(39)29-20-27-11(7-43-20)13(32-42-10-3-1-2-4-10)15(37)28-14-16(38)35-8-22(19(40)41,9-44-17(14)35)12(5-6-36)45-21-30-33-34-31-21/h7,10,12,14,17,36H,1-6,8-9H2,(H,28,37)(H,40,41)(H,27,29,39)(H,30,31,33,34)/t12?,14?,17-,22?/m1/s1. The minimum atomic E-state index is -5.15. The number of aliphatic hydroxyl groups excluding tert-OH is 1. The van der Waals surface area contributed by atoms with Crippen molar-refractivity contribution in [2.24, 2.45) is 10.6 Å². The largest absolute Gasteiger partial charge is 0.481 e. The molecule has 1 aliphatic carbocycles. The van der Waals surface area contributed by atoms with E-state index in [1.54, 1.807) is 5.32 Å². The number of hydrogen-bond acceptors (Lipinski definition) is 14. The quantitative estimate of drug-likeness (QED) is 0.0900. The fourth-order valence-corrected chi connectivity index (χ4v) is 8.65. The fraction of sp³-hybridized carbons (Fsp3) is 0.609. The Hall–Kier alpha value is -3.50. The highest BCUT2D eigenvalue weighted by Gasteiger charge is 2.60. The zero-order valence-electron chi connectivity index (χ0n) is 23.0. The van der Waals surface area contributed by atoms with Gasteiger partial charge in [0.1, 0.15) is 28.6 Å². The summed E-state index contributed by atoms with van der Waals surface area (Å²) in [5, 5.41) is 41.1. The van der Waals surface area contributed by atoms with Crippen LogP contribution in [0.1, 0.15) is 37.8 Å². The number of nitrogens with zero attached hydrogens (tertiary/aromatic N) is 6. The molecule has 45 heavy (non-hydrogen) atoms. The number of oxime groups is 1. The Labute approximate surface area is 264 Å².